The van der Waals surface area contributed by atoms with Crippen molar-refractivity contribution in [2.24, 2.45) is 5.92 Å². The lowest BCUT2D eigenvalue weighted by atomic mass is 10.1. The maximum Gasteiger partial charge on any atom is 0.225 e. The van der Waals surface area contributed by atoms with Gasteiger partial charge < -0.3 is 10.2 Å². The van der Waals surface area contributed by atoms with E-state index in [9.17, 15) is 9.59 Å². The third kappa shape index (κ3) is 3.10. The summed E-state index contributed by atoms with van der Waals surface area (Å²) < 4.78 is 0. The molecule has 1 aromatic rings. The van der Waals surface area contributed by atoms with E-state index in [1.807, 2.05) is 26.0 Å². The Morgan fingerprint density at radius 3 is 3.00 bits per heavy atom. The highest BCUT2D eigenvalue weighted by Crippen LogP contribution is 2.19. The van der Waals surface area contributed by atoms with Crippen LogP contribution in [-0.2, 0) is 9.59 Å². The molecular formula is C14H19N3O2. The molecule has 0 bridgehead atoms. The quantitative estimate of drug-likeness (QED) is 0.883. The summed E-state index contributed by atoms with van der Waals surface area (Å²) in [5.41, 5.74) is 0.965. The van der Waals surface area contributed by atoms with E-state index in [1.54, 1.807) is 17.3 Å². The maximum absolute atomic E-state index is 12.1. The fourth-order valence-electron chi connectivity index (χ4n) is 2.30. The second kappa shape index (κ2) is 5.82. The SMILES string of the molecule is CCN1C[C@@H](C(=O)N[C@@H](C)c2cccnc2)CC1=O. The van der Waals surface area contributed by atoms with Gasteiger partial charge in [0.05, 0.1) is 12.0 Å². The van der Waals surface area contributed by atoms with Crippen LogP contribution in [0.3, 0.4) is 0 Å². The lowest BCUT2D eigenvalue weighted by Gasteiger charge is -2.17. The third-order valence-corrected chi connectivity index (χ3v) is 3.51. The van der Waals surface area contributed by atoms with E-state index in [0.29, 0.717) is 19.5 Å². The summed E-state index contributed by atoms with van der Waals surface area (Å²) >= 11 is 0. The van der Waals surface area contributed by atoms with E-state index < -0.39 is 0 Å². The number of likely N-dealkylation sites (tertiary alicyclic amines) is 1. The highest BCUT2D eigenvalue weighted by Gasteiger charge is 2.33. The van der Waals surface area contributed by atoms with Gasteiger partial charge in [-0.25, -0.2) is 0 Å². The summed E-state index contributed by atoms with van der Waals surface area (Å²) in [7, 11) is 0. The van der Waals surface area contributed by atoms with Crippen LogP contribution in [0, 0.1) is 5.92 Å². The van der Waals surface area contributed by atoms with E-state index >= 15 is 0 Å². The lowest BCUT2D eigenvalue weighted by Crippen LogP contribution is -2.34. The summed E-state index contributed by atoms with van der Waals surface area (Å²) in [5.74, 6) is -0.219. The molecule has 102 valence electrons. The van der Waals surface area contributed by atoms with Crippen LogP contribution in [0.25, 0.3) is 0 Å². The molecule has 5 nitrogen and oxygen atoms in total. The second-order valence-electron chi connectivity index (χ2n) is 4.85. The minimum Gasteiger partial charge on any atom is -0.349 e. The van der Waals surface area contributed by atoms with Crippen LogP contribution in [0.5, 0.6) is 0 Å². The highest BCUT2D eigenvalue weighted by atomic mass is 16.2. The van der Waals surface area contributed by atoms with E-state index in [0.717, 1.165) is 5.56 Å². The van der Waals surface area contributed by atoms with Crippen LogP contribution in [0.4, 0.5) is 0 Å². The molecule has 2 rings (SSSR count). The Labute approximate surface area is 113 Å². The van der Waals surface area contributed by atoms with Gasteiger partial charge >= 0.3 is 0 Å². The third-order valence-electron chi connectivity index (χ3n) is 3.51. The molecule has 19 heavy (non-hydrogen) atoms. The van der Waals surface area contributed by atoms with Crippen LogP contribution < -0.4 is 5.32 Å². The Morgan fingerprint density at radius 1 is 1.63 bits per heavy atom. The number of rotatable bonds is 4. The fraction of sp³-hybridized carbons (Fsp3) is 0.500. The Hall–Kier alpha value is -1.91. The average Bonchev–Trinajstić information content (AvgIpc) is 2.81. The molecular weight excluding hydrogens is 242 g/mol. The molecule has 0 saturated carbocycles. The number of hydrogen-bond acceptors (Lipinski definition) is 3. The Bertz CT molecular complexity index is 461. The number of aromatic nitrogens is 1. The van der Waals surface area contributed by atoms with Crippen LogP contribution in [0.1, 0.15) is 31.9 Å². The first-order chi connectivity index (χ1) is 9.11. The van der Waals surface area contributed by atoms with Gasteiger partial charge in [-0.1, -0.05) is 6.07 Å². The maximum atomic E-state index is 12.1. The van der Waals surface area contributed by atoms with Crippen molar-refractivity contribution in [1.82, 2.24) is 15.2 Å². The van der Waals surface area contributed by atoms with Crippen molar-refractivity contribution in [2.45, 2.75) is 26.3 Å². The van der Waals surface area contributed by atoms with Crippen molar-refractivity contribution < 1.29 is 9.59 Å². The summed E-state index contributed by atoms with van der Waals surface area (Å²) in [6.45, 7) is 5.04. The zero-order valence-electron chi connectivity index (χ0n) is 11.3. The number of carbonyl (C=O) groups is 2. The molecule has 2 atom stereocenters. The number of pyridine rings is 1. The van der Waals surface area contributed by atoms with E-state index in [2.05, 4.69) is 10.3 Å². The Morgan fingerprint density at radius 2 is 2.42 bits per heavy atom. The van der Waals surface area contributed by atoms with Crippen molar-refractivity contribution in [3.05, 3.63) is 30.1 Å². The molecule has 2 amide bonds. The summed E-state index contributed by atoms with van der Waals surface area (Å²) in [6, 6.07) is 3.68. The van der Waals surface area contributed by atoms with Gasteiger partial charge in [0.1, 0.15) is 0 Å². The molecule has 0 aliphatic carbocycles. The monoisotopic (exact) mass is 261 g/mol. The van der Waals surface area contributed by atoms with Crippen molar-refractivity contribution in [3.63, 3.8) is 0 Å². The topological polar surface area (TPSA) is 62.3 Å². The van der Waals surface area contributed by atoms with Gasteiger partial charge in [0.2, 0.25) is 11.8 Å². The second-order valence-corrected chi connectivity index (χ2v) is 4.85. The summed E-state index contributed by atoms with van der Waals surface area (Å²) in [6.07, 6.45) is 3.76. The van der Waals surface area contributed by atoms with Crippen LogP contribution in [-0.4, -0.2) is 34.8 Å². The minimum atomic E-state index is -0.230. The molecule has 0 spiro atoms. The molecule has 0 aromatic carbocycles. The molecule has 1 saturated heterocycles. The fourth-order valence-corrected chi connectivity index (χ4v) is 2.30. The smallest absolute Gasteiger partial charge is 0.225 e. The van der Waals surface area contributed by atoms with Crippen LogP contribution in [0.2, 0.25) is 0 Å². The first-order valence-electron chi connectivity index (χ1n) is 6.60. The van der Waals surface area contributed by atoms with Crippen LogP contribution in [0.15, 0.2) is 24.5 Å². The number of nitrogens with one attached hydrogen (secondary N) is 1. The average molecular weight is 261 g/mol. The number of hydrogen-bond donors (Lipinski definition) is 1. The van der Waals surface area contributed by atoms with Gasteiger partial charge in [0, 0.05) is 31.9 Å². The van der Waals surface area contributed by atoms with Gasteiger partial charge in [0.15, 0.2) is 0 Å². The molecule has 0 unspecified atom stereocenters. The van der Waals surface area contributed by atoms with Gasteiger partial charge in [-0.2, -0.15) is 0 Å². The largest absolute Gasteiger partial charge is 0.349 e. The molecule has 5 heteroatoms. The number of nitrogens with zero attached hydrogens (tertiary/aromatic N) is 2. The zero-order valence-corrected chi connectivity index (χ0v) is 11.3. The standard InChI is InChI=1S/C14H19N3O2/c1-3-17-9-12(7-13(17)18)14(19)16-10(2)11-5-4-6-15-8-11/h4-6,8,10,12H,3,7,9H2,1-2H3,(H,16,19)/t10-,12-/m0/s1. The van der Waals surface area contributed by atoms with Gasteiger partial charge in [0.25, 0.3) is 0 Å². The first kappa shape index (κ1) is 13.5. The van der Waals surface area contributed by atoms with E-state index in [-0.39, 0.29) is 23.8 Å². The molecule has 1 N–H and O–H groups in total. The summed E-state index contributed by atoms with van der Waals surface area (Å²) in [4.78, 5) is 29.5. The highest BCUT2D eigenvalue weighted by molar-refractivity contribution is 5.89. The zero-order chi connectivity index (χ0) is 13.8. The Kier molecular flexibility index (Phi) is 4.14. The lowest BCUT2D eigenvalue weighted by molar-refractivity contribution is -0.129. The number of amides is 2. The molecule has 1 aliphatic rings. The minimum absolute atomic E-state index is 0.0550. The van der Waals surface area contributed by atoms with Crippen LogP contribution >= 0.6 is 0 Å². The van der Waals surface area contributed by atoms with Crippen molar-refractivity contribution in [1.29, 1.82) is 0 Å². The molecule has 1 fully saturated rings. The molecule has 1 aliphatic heterocycles. The molecule has 2 heterocycles. The van der Waals surface area contributed by atoms with Gasteiger partial charge in [-0.15, -0.1) is 0 Å². The Balaban J connectivity index is 1.93. The predicted octanol–water partition coefficient (Wildman–Crippen LogP) is 1.13. The molecule has 0 radical (unpaired) electrons. The normalized spacial score (nSPS) is 20.4. The van der Waals surface area contributed by atoms with Crippen molar-refractivity contribution in [3.8, 4) is 0 Å². The predicted molar refractivity (Wildman–Crippen MR) is 71.2 cm³/mol. The van der Waals surface area contributed by atoms with E-state index in [4.69, 9.17) is 0 Å². The van der Waals surface area contributed by atoms with Crippen molar-refractivity contribution in [2.75, 3.05) is 13.1 Å². The first-order valence-corrected chi connectivity index (χ1v) is 6.60. The van der Waals surface area contributed by atoms with Gasteiger partial charge in [-0.05, 0) is 25.5 Å². The molecule has 1 aromatic heterocycles. The number of carbonyl (C=O) groups excluding carboxylic acids is 2. The van der Waals surface area contributed by atoms with Gasteiger partial charge in [-0.3, -0.25) is 14.6 Å². The van der Waals surface area contributed by atoms with Crippen molar-refractivity contribution >= 4 is 11.8 Å². The van der Waals surface area contributed by atoms with E-state index in [1.165, 1.54) is 0 Å². The summed E-state index contributed by atoms with van der Waals surface area (Å²) in [5, 5.41) is 2.95.